The van der Waals surface area contributed by atoms with Gasteiger partial charge in [0, 0.05) is 13.1 Å². The van der Waals surface area contributed by atoms with E-state index in [-0.39, 0.29) is 5.56 Å². The summed E-state index contributed by atoms with van der Waals surface area (Å²) in [7, 11) is 1.64. The first kappa shape index (κ1) is 13.5. The fourth-order valence-corrected chi connectivity index (χ4v) is 2.75. The van der Waals surface area contributed by atoms with Crippen molar-refractivity contribution < 1.29 is 0 Å². The van der Waals surface area contributed by atoms with E-state index < -0.39 is 0 Å². The molecule has 1 saturated heterocycles. The lowest BCUT2D eigenvalue weighted by Gasteiger charge is -2.29. The minimum atomic E-state index is -0.117. The molecule has 1 fully saturated rings. The van der Waals surface area contributed by atoms with E-state index in [9.17, 15) is 4.79 Å². The van der Waals surface area contributed by atoms with E-state index in [1.165, 1.54) is 17.5 Å². The van der Waals surface area contributed by atoms with Crippen LogP contribution in [0, 0.1) is 5.92 Å². The SMILES string of the molecule is CC(Nc1cnn(C)c(=O)c1Br)C1CCCNC1. The number of halogens is 1. The molecular formula is C12H19BrN4O. The average molecular weight is 315 g/mol. The first-order chi connectivity index (χ1) is 8.59. The zero-order valence-corrected chi connectivity index (χ0v) is 12.3. The maximum absolute atomic E-state index is 11.7. The van der Waals surface area contributed by atoms with Crippen LogP contribution in [0.4, 0.5) is 5.69 Å². The number of piperidine rings is 1. The lowest BCUT2D eigenvalue weighted by Crippen LogP contribution is -2.39. The van der Waals surface area contributed by atoms with Crippen molar-refractivity contribution in [1.82, 2.24) is 15.1 Å². The van der Waals surface area contributed by atoms with Gasteiger partial charge in [-0.05, 0) is 54.7 Å². The molecule has 0 saturated carbocycles. The molecule has 0 aromatic carbocycles. The monoisotopic (exact) mass is 314 g/mol. The Hall–Kier alpha value is -0.880. The van der Waals surface area contributed by atoms with E-state index in [0.717, 1.165) is 18.8 Å². The highest BCUT2D eigenvalue weighted by Crippen LogP contribution is 2.21. The lowest BCUT2D eigenvalue weighted by molar-refractivity contribution is 0.347. The Balaban J connectivity index is 2.09. The number of nitrogens with zero attached hydrogens (tertiary/aromatic N) is 2. The molecule has 6 heteroatoms. The average Bonchev–Trinajstić information content (AvgIpc) is 2.40. The number of anilines is 1. The number of hydrogen-bond acceptors (Lipinski definition) is 4. The van der Waals surface area contributed by atoms with Crippen LogP contribution < -0.4 is 16.2 Å². The molecule has 1 aromatic heterocycles. The molecule has 1 aromatic rings. The molecule has 0 amide bonds. The summed E-state index contributed by atoms with van der Waals surface area (Å²) < 4.78 is 1.87. The minimum Gasteiger partial charge on any atom is -0.380 e. The van der Waals surface area contributed by atoms with E-state index in [0.29, 0.717) is 16.4 Å². The Kier molecular flexibility index (Phi) is 4.40. The van der Waals surface area contributed by atoms with E-state index in [2.05, 4.69) is 38.6 Å². The number of hydrogen-bond donors (Lipinski definition) is 2. The molecule has 2 rings (SSSR count). The lowest BCUT2D eigenvalue weighted by atomic mass is 9.93. The third kappa shape index (κ3) is 2.92. The van der Waals surface area contributed by atoms with Crippen molar-refractivity contribution in [3.63, 3.8) is 0 Å². The molecule has 2 unspecified atom stereocenters. The summed E-state index contributed by atoms with van der Waals surface area (Å²) in [6, 6.07) is 0.322. The maximum atomic E-state index is 11.7. The molecule has 0 bridgehead atoms. The van der Waals surface area contributed by atoms with Crippen molar-refractivity contribution in [2.75, 3.05) is 18.4 Å². The van der Waals surface area contributed by atoms with Gasteiger partial charge in [0.1, 0.15) is 4.47 Å². The fourth-order valence-electron chi connectivity index (χ4n) is 2.28. The highest BCUT2D eigenvalue weighted by atomic mass is 79.9. The quantitative estimate of drug-likeness (QED) is 0.884. The van der Waals surface area contributed by atoms with E-state index >= 15 is 0 Å². The second-order valence-corrected chi connectivity index (χ2v) is 5.63. The second-order valence-electron chi connectivity index (χ2n) is 4.84. The molecule has 18 heavy (non-hydrogen) atoms. The van der Waals surface area contributed by atoms with Gasteiger partial charge in [-0.15, -0.1) is 0 Å². The molecule has 0 radical (unpaired) electrons. The van der Waals surface area contributed by atoms with Gasteiger partial charge >= 0.3 is 0 Å². The topological polar surface area (TPSA) is 59.0 Å². The number of aryl methyl sites for hydroxylation is 1. The fraction of sp³-hybridized carbons (Fsp3) is 0.667. The van der Waals surface area contributed by atoms with Crippen molar-refractivity contribution >= 4 is 21.6 Å². The summed E-state index contributed by atoms with van der Waals surface area (Å²) in [6.45, 7) is 4.30. The standard InChI is InChI=1S/C12H19BrN4O/c1-8(9-4-3-5-14-6-9)16-10-7-15-17(2)12(18)11(10)13/h7-9,14,16H,3-6H2,1-2H3. The van der Waals surface area contributed by atoms with Crippen LogP contribution >= 0.6 is 15.9 Å². The predicted octanol–water partition coefficient (Wildman–Crippen LogP) is 1.34. The molecule has 2 heterocycles. The number of rotatable bonds is 3. The largest absolute Gasteiger partial charge is 0.380 e. The van der Waals surface area contributed by atoms with Crippen LogP contribution in [-0.2, 0) is 7.05 Å². The number of nitrogens with one attached hydrogen (secondary N) is 2. The molecule has 100 valence electrons. The van der Waals surface area contributed by atoms with Crippen LogP contribution in [0.2, 0.25) is 0 Å². The third-order valence-corrected chi connectivity index (χ3v) is 4.27. The van der Waals surface area contributed by atoms with Gasteiger partial charge in [-0.1, -0.05) is 0 Å². The van der Waals surface area contributed by atoms with Crippen LogP contribution in [-0.4, -0.2) is 28.9 Å². The van der Waals surface area contributed by atoms with Gasteiger partial charge in [0.25, 0.3) is 5.56 Å². The molecule has 1 aliphatic heterocycles. The van der Waals surface area contributed by atoms with Crippen molar-refractivity contribution in [2.45, 2.75) is 25.8 Å². The molecule has 2 N–H and O–H groups in total. The smallest absolute Gasteiger partial charge is 0.282 e. The highest BCUT2D eigenvalue weighted by Gasteiger charge is 2.20. The third-order valence-electron chi connectivity index (χ3n) is 3.50. The Bertz CT molecular complexity index is 468. The molecule has 0 spiro atoms. The zero-order valence-electron chi connectivity index (χ0n) is 10.7. The van der Waals surface area contributed by atoms with Crippen LogP contribution in [0.15, 0.2) is 15.5 Å². The summed E-state index contributed by atoms with van der Waals surface area (Å²) in [5, 5.41) is 10.8. The Morgan fingerprint density at radius 2 is 2.44 bits per heavy atom. The van der Waals surface area contributed by atoms with Crippen molar-refractivity contribution in [3.8, 4) is 0 Å². The van der Waals surface area contributed by atoms with E-state index in [1.54, 1.807) is 13.2 Å². The van der Waals surface area contributed by atoms with E-state index in [4.69, 9.17) is 0 Å². The maximum Gasteiger partial charge on any atom is 0.282 e. The van der Waals surface area contributed by atoms with Crippen LogP contribution in [0.3, 0.4) is 0 Å². The molecule has 1 aliphatic rings. The minimum absolute atomic E-state index is 0.117. The van der Waals surface area contributed by atoms with Gasteiger partial charge in [0.2, 0.25) is 0 Å². The Labute approximate surface area is 115 Å². The van der Waals surface area contributed by atoms with Gasteiger partial charge in [0.05, 0.1) is 11.9 Å². The van der Waals surface area contributed by atoms with Crippen LogP contribution in [0.25, 0.3) is 0 Å². The van der Waals surface area contributed by atoms with Crippen molar-refractivity contribution in [3.05, 3.63) is 21.0 Å². The Morgan fingerprint density at radius 1 is 1.67 bits per heavy atom. The van der Waals surface area contributed by atoms with Gasteiger partial charge in [-0.2, -0.15) is 5.10 Å². The van der Waals surface area contributed by atoms with Gasteiger partial charge < -0.3 is 10.6 Å². The molecule has 2 atom stereocenters. The Morgan fingerprint density at radius 3 is 3.11 bits per heavy atom. The van der Waals surface area contributed by atoms with Gasteiger partial charge in [-0.3, -0.25) is 4.79 Å². The normalized spacial score (nSPS) is 21.6. The van der Waals surface area contributed by atoms with Crippen LogP contribution in [0.5, 0.6) is 0 Å². The van der Waals surface area contributed by atoms with Gasteiger partial charge in [-0.25, -0.2) is 4.68 Å². The summed E-state index contributed by atoms with van der Waals surface area (Å²) in [5.41, 5.74) is 0.658. The van der Waals surface area contributed by atoms with Crippen molar-refractivity contribution in [1.29, 1.82) is 0 Å². The summed E-state index contributed by atoms with van der Waals surface area (Å²) in [4.78, 5) is 11.7. The first-order valence-corrected chi connectivity index (χ1v) is 7.08. The zero-order chi connectivity index (χ0) is 13.1. The van der Waals surface area contributed by atoms with Crippen molar-refractivity contribution in [2.24, 2.45) is 13.0 Å². The summed E-state index contributed by atoms with van der Waals surface area (Å²) in [6.07, 6.45) is 4.13. The summed E-state index contributed by atoms with van der Waals surface area (Å²) >= 11 is 3.33. The van der Waals surface area contributed by atoms with Gasteiger partial charge in [0.15, 0.2) is 0 Å². The second kappa shape index (κ2) is 5.84. The predicted molar refractivity (Wildman–Crippen MR) is 75.9 cm³/mol. The molecule has 0 aliphatic carbocycles. The number of aromatic nitrogens is 2. The summed E-state index contributed by atoms with van der Waals surface area (Å²) in [5.74, 6) is 0.592. The van der Waals surface area contributed by atoms with E-state index in [1.807, 2.05) is 0 Å². The first-order valence-electron chi connectivity index (χ1n) is 6.28. The highest BCUT2D eigenvalue weighted by molar-refractivity contribution is 9.10. The molecular weight excluding hydrogens is 296 g/mol. The van der Waals surface area contributed by atoms with Crippen LogP contribution in [0.1, 0.15) is 19.8 Å². The molecule has 5 nitrogen and oxygen atoms in total.